The number of aromatic nitrogens is 3. The van der Waals surface area contributed by atoms with Gasteiger partial charge in [0.1, 0.15) is 17.2 Å². The van der Waals surface area contributed by atoms with Crippen molar-refractivity contribution in [3.05, 3.63) is 64.6 Å². The van der Waals surface area contributed by atoms with E-state index in [2.05, 4.69) is 10.3 Å². The number of para-hydroxylation sites is 1. The van der Waals surface area contributed by atoms with Gasteiger partial charge in [-0.15, -0.1) is 0 Å². The Bertz CT molecular complexity index is 1140. The van der Waals surface area contributed by atoms with Crippen molar-refractivity contribution in [2.75, 3.05) is 25.6 Å². The zero-order chi connectivity index (χ0) is 18.1. The van der Waals surface area contributed by atoms with Crippen molar-refractivity contribution in [3.8, 4) is 11.3 Å². The molecule has 0 saturated heterocycles. The largest absolute Gasteiger partial charge is 0.383 e. The first-order valence-corrected chi connectivity index (χ1v) is 8.52. The first kappa shape index (κ1) is 16.4. The van der Waals surface area contributed by atoms with Gasteiger partial charge >= 0.3 is 0 Å². The molecule has 4 aromatic rings. The fourth-order valence-electron chi connectivity index (χ4n) is 3.18. The number of hydrogen-bond acceptors (Lipinski definition) is 4. The summed E-state index contributed by atoms with van der Waals surface area (Å²) in [4.78, 5) is 20.5. The highest BCUT2D eigenvalue weighted by Gasteiger charge is 2.17. The second-order valence-electron chi connectivity index (χ2n) is 6.21. The summed E-state index contributed by atoms with van der Waals surface area (Å²) < 4.78 is 7.08. The van der Waals surface area contributed by atoms with Gasteiger partial charge in [-0.3, -0.25) is 9.20 Å². The minimum Gasteiger partial charge on any atom is -0.383 e. The van der Waals surface area contributed by atoms with Gasteiger partial charge in [0, 0.05) is 19.9 Å². The summed E-state index contributed by atoms with van der Waals surface area (Å²) in [6.45, 7) is 3.17. The molecule has 6 nitrogen and oxygen atoms in total. The monoisotopic (exact) mass is 348 g/mol. The second-order valence-corrected chi connectivity index (χ2v) is 6.21. The van der Waals surface area contributed by atoms with E-state index in [0.29, 0.717) is 24.4 Å². The van der Waals surface area contributed by atoms with E-state index in [1.165, 1.54) is 0 Å². The Labute approximate surface area is 150 Å². The SMILES string of the molecule is COCCNc1c(-c2cc3cccc(C)c3[nH]c2=O)nc2ccccn12. The molecule has 0 saturated carbocycles. The normalized spacial score (nSPS) is 11.3. The molecule has 6 heteroatoms. The summed E-state index contributed by atoms with van der Waals surface area (Å²) in [6.07, 6.45) is 1.93. The molecule has 1 aromatic carbocycles. The molecule has 3 aromatic heterocycles. The highest BCUT2D eigenvalue weighted by Crippen LogP contribution is 2.28. The van der Waals surface area contributed by atoms with Crippen LogP contribution < -0.4 is 10.9 Å². The molecule has 0 atom stereocenters. The average Bonchev–Trinajstić information content (AvgIpc) is 3.01. The van der Waals surface area contributed by atoms with Crippen LogP contribution in [0.3, 0.4) is 0 Å². The number of rotatable bonds is 5. The number of methoxy groups -OCH3 is 1. The van der Waals surface area contributed by atoms with Crippen molar-refractivity contribution in [3.63, 3.8) is 0 Å². The summed E-state index contributed by atoms with van der Waals surface area (Å²) in [7, 11) is 1.66. The first-order valence-electron chi connectivity index (χ1n) is 8.52. The van der Waals surface area contributed by atoms with E-state index < -0.39 is 0 Å². The zero-order valence-electron chi connectivity index (χ0n) is 14.7. The maximum atomic E-state index is 12.8. The molecule has 0 amide bonds. The Kier molecular flexibility index (Phi) is 4.18. The summed E-state index contributed by atoms with van der Waals surface area (Å²) in [5, 5.41) is 4.33. The number of nitrogens with one attached hydrogen (secondary N) is 2. The van der Waals surface area contributed by atoms with E-state index in [9.17, 15) is 4.79 Å². The van der Waals surface area contributed by atoms with E-state index in [1.807, 2.05) is 60.0 Å². The smallest absolute Gasteiger partial charge is 0.258 e. The number of aryl methyl sites for hydroxylation is 1. The third-order valence-electron chi connectivity index (χ3n) is 4.47. The van der Waals surface area contributed by atoms with Gasteiger partial charge in [-0.05, 0) is 36.1 Å². The summed E-state index contributed by atoms with van der Waals surface area (Å²) in [5.74, 6) is 0.787. The maximum absolute atomic E-state index is 12.8. The van der Waals surface area contributed by atoms with E-state index in [0.717, 1.165) is 27.9 Å². The van der Waals surface area contributed by atoms with Crippen molar-refractivity contribution < 1.29 is 4.74 Å². The van der Waals surface area contributed by atoms with E-state index in [1.54, 1.807) is 7.11 Å². The quantitative estimate of drug-likeness (QED) is 0.543. The molecule has 0 unspecified atom stereocenters. The molecule has 0 aliphatic rings. The van der Waals surface area contributed by atoms with Crippen molar-refractivity contribution in [2.24, 2.45) is 0 Å². The number of ether oxygens (including phenoxy) is 1. The summed E-state index contributed by atoms with van der Waals surface area (Å²) in [6, 6.07) is 13.7. The summed E-state index contributed by atoms with van der Waals surface area (Å²) in [5.41, 5.74) is 3.72. The van der Waals surface area contributed by atoms with E-state index >= 15 is 0 Å². The third-order valence-corrected chi connectivity index (χ3v) is 4.47. The number of aromatic amines is 1. The predicted molar refractivity (Wildman–Crippen MR) is 104 cm³/mol. The second kappa shape index (κ2) is 6.65. The molecule has 0 aliphatic heterocycles. The molecule has 132 valence electrons. The van der Waals surface area contributed by atoms with Gasteiger partial charge in [0.05, 0.1) is 17.7 Å². The van der Waals surface area contributed by atoms with Crippen LogP contribution in [0.15, 0.2) is 53.5 Å². The minimum atomic E-state index is -0.148. The van der Waals surface area contributed by atoms with Crippen LogP contribution in [0.1, 0.15) is 5.56 Å². The molecule has 0 bridgehead atoms. The van der Waals surface area contributed by atoms with Gasteiger partial charge in [-0.1, -0.05) is 24.3 Å². The average molecular weight is 348 g/mol. The lowest BCUT2D eigenvalue weighted by atomic mass is 10.1. The van der Waals surface area contributed by atoms with Crippen LogP contribution >= 0.6 is 0 Å². The van der Waals surface area contributed by atoms with Crippen LogP contribution in [-0.4, -0.2) is 34.6 Å². The molecule has 0 fully saturated rings. The van der Waals surface area contributed by atoms with Crippen LogP contribution in [0, 0.1) is 6.92 Å². The number of fused-ring (bicyclic) bond motifs is 2. The number of pyridine rings is 2. The van der Waals surface area contributed by atoms with Crippen LogP contribution in [0.25, 0.3) is 27.8 Å². The van der Waals surface area contributed by atoms with E-state index in [4.69, 9.17) is 9.72 Å². The number of H-pyrrole nitrogens is 1. The Morgan fingerprint density at radius 2 is 2.12 bits per heavy atom. The van der Waals surface area contributed by atoms with Crippen LogP contribution in [0.4, 0.5) is 5.82 Å². The Balaban J connectivity index is 1.93. The van der Waals surface area contributed by atoms with Crippen LogP contribution in [0.2, 0.25) is 0 Å². The van der Waals surface area contributed by atoms with Crippen molar-refractivity contribution in [1.82, 2.24) is 14.4 Å². The standard InChI is InChI=1S/C20H20N4O2/c1-13-6-5-7-14-12-15(20(25)23-17(13)14)18-19(21-9-11-26-2)24-10-4-3-8-16(24)22-18/h3-8,10,12,21H,9,11H2,1-2H3,(H,23,25). The molecule has 0 spiro atoms. The fraction of sp³-hybridized carbons (Fsp3) is 0.200. The van der Waals surface area contributed by atoms with Crippen molar-refractivity contribution in [1.29, 1.82) is 0 Å². The van der Waals surface area contributed by atoms with Gasteiger partial charge in [-0.2, -0.15) is 0 Å². The topological polar surface area (TPSA) is 71.4 Å². The van der Waals surface area contributed by atoms with Gasteiger partial charge in [-0.25, -0.2) is 4.98 Å². The highest BCUT2D eigenvalue weighted by atomic mass is 16.5. The molecular formula is C20H20N4O2. The Hall–Kier alpha value is -3.12. The molecule has 26 heavy (non-hydrogen) atoms. The van der Waals surface area contributed by atoms with Gasteiger partial charge in [0.25, 0.3) is 5.56 Å². The van der Waals surface area contributed by atoms with Gasteiger partial charge < -0.3 is 15.0 Å². The lowest BCUT2D eigenvalue weighted by molar-refractivity contribution is 0.210. The van der Waals surface area contributed by atoms with Gasteiger partial charge in [0.15, 0.2) is 0 Å². The Morgan fingerprint density at radius 1 is 1.23 bits per heavy atom. The predicted octanol–water partition coefficient (Wildman–Crippen LogP) is 3.21. The highest BCUT2D eigenvalue weighted by molar-refractivity contribution is 5.87. The lowest BCUT2D eigenvalue weighted by Crippen LogP contribution is -2.13. The third kappa shape index (κ3) is 2.74. The van der Waals surface area contributed by atoms with E-state index in [-0.39, 0.29) is 5.56 Å². The zero-order valence-corrected chi connectivity index (χ0v) is 14.7. The molecule has 4 rings (SSSR count). The molecule has 0 aliphatic carbocycles. The molecule has 0 radical (unpaired) electrons. The van der Waals surface area contributed by atoms with Crippen molar-refractivity contribution in [2.45, 2.75) is 6.92 Å². The molecular weight excluding hydrogens is 328 g/mol. The number of nitrogens with zero attached hydrogens (tertiary/aromatic N) is 2. The summed E-state index contributed by atoms with van der Waals surface area (Å²) >= 11 is 0. The number of hydrogen-bond donors (Lipinski definition) is 2. The maximum Gasteiger partial charge on any atom is 0.258 e. The number of anilines is 1. The first-order chi connectivity index (χ1) is 12.7. The van der Waals surface area contributed by atoms with Crippen LogP contribution in [-0.2, 0) is 4.74 Å². The lowest BCUT2D eigenvalue weighted by Gasteiger charge is -2.09. The van der Waals surface area contributed by atoms with Gasteiger partial charge in [0.2, 0.25) is 0 Å². The molecule has 3 heterocycles. The van der Waals surface area contributed by atoms with Crippen LogP contribution in [0.5, 0.6) is 0 Å². The molecule has 2 N–H and O–H groups in total. The fourth-order valence-corrected chi connectivity index (χ4v) is 3.18. The van der Waals surface area contributed by atoms with Crippen molar-refractivity contribution >= 4 is 22.4 Å². The number of benzene rings is 1. The Morgan fingerprint density at radius 3 is 2.96 bits per heavy atom. The minimum absolute atomic E-state index is 0.148. The number of imidazole rings is 1.